The first-order valence-corrected chi connectivity index (χ1v) is 3.06. The van der Waals surface area contributed by atoms with Crippen molar-refractivity contribution >= 4 is 49.9 Å². The first-order chi connectivity index (χ1) is 5.29. The largest absolute Gasteiger partial charge is 2.00 e. The van der Waals surface area contributed by atoms with Gasteiger partial charge in [0.15, 0.2) is 0 Å². The molecule has 0 radical (unpaired) electrons. The van der Waals surface area contributed by atoms with E-state index in [0.29, 0.717) is 0 Å². The quantitative estimate of drug-likeness (QED) is 0.501. The summed E-state index contributed by atoms with van der Waals surface area (Å²) < 4.78 is 0. The van der Waals surface area contributed by atoms with Gasteiger partial charge in [-0.2, -0.15) is 0 Å². The van der Waals surface area contributed by atoms with Crippen LogP contribution in [0.2, 0.25) is 0 Å². The zero-order valence-corrected chi connectivity index (χ0v) is 10.0. The van der Waals surface area contributed by atoms with E-state index in [4.69, 9.17) is 20.1 Å². The first kappa shape index (κ1) is 18.7. The molecule has 1 unspecified atom stereocenters. The van der Waals surface area contributed by atoms with E-state index in [-0.39, 0.29) is 43.8 Å². The maximum atomic E-state index is 10.1. The maximum absolute atomic E-state index is 10.1. The molecular formula is C6H11CaNO5. The van der Waals surface area contributed by atoms with Crippen molar-refractivity contribution in [2.45, 2.75) is 13.0 Å². The molecule has 0 aliphatic rings. The van der Waals surface area contributed by atoms with Crippen LogP contribution in [0.15, 0.2) is 0 Å². The van der Waals surface area contributed by atoms with Gasteiger partial charge >= 0.3 is 43.7 Å². The van der Waals surface area contributed by atoms with Crippen LogP contribution in [-0.4, -0.2) is 80.0 Å². The Hall–Kier alpha value is -0.0403. The zero-order chi connectivity index (χ0) is 10.3. The van der Waals surface area contributed by atoms with E-state index in [0.717, 1.165) is 0 Å². The minimum atomic E-state index is -2.33. The van der Waals surface area contributed by atoms with Gasteiger partial charge < -0.3 is 20.1 Å². The molecule has 0 aromatic heterocycles. The summed E-state index contributed by atoms with van der Waals surface area (Å²) in [5, 5.41) is 25.0. The molecule has 1 atom stereocenters. The van der Waals surface area contributed by atoms with E-state index in [1.54, 1.807) is 25.9 Å². The van der Waals surface area contributed by atoms with Crippen molar-refractivity contribution in [2.24, 2.45) is 0 Å². The number of aliphatic carboxylic acids is 1. The molecule has 13 heavy (non-hydrogen) atoms. The fourth-order valence-corrected chi connectivity index (χ4v) is 0.221. The number of likely N-dealkylation sites (N-methyl/N-ethyl adjacent to an activating group) is 1. The molecule has 0 aromatic rings. The number of rotatable bonds is 2. The Bertz CT molecular complexity index is 157. The topological polar surface area (TPSA) is 104 Å². The Morgan fingerprint density at radius 1 is 1.31 bits per heavy atom. The predicted octanol–water partition coefficient (Wildman–Crippen LogP) is -2.81. The number of carbonyl (C=O) groups excluding carboxylic acids is 1. The van der Waals surface area contributed by atoms with Crippen molar-refractivity contribution in [3.05, 3.63) is 0 Å². The monoisotopic (exact) mass is 217 g/mol. The van der Waals surface area contributed by atoms with Crippen molar-refractivity contribution < 1.29 is 24.9 Å². The molecule has 0 heterocycles. The summed E-state index contributed by atoms with van der Waals surface area (Å²) in [5.41, 5.74) is 0. The van der Waals surface area contributed by atoms with E-state index < -0.39 is 12.1 Å². The molecule has 0 saturated carbocycles. The average Bonchev–Trinajstić information content (AvgIpc) is 1.84. The summed E-state index contributed by atoms with van der Waals surface area (Å²) in [6.45, 7) is 1.64. The van der Waals surface area contributed by atoms with Crippen molar-refractivity contribution in [3.8, 4) is 0 Å². The van der Waals surface area contributed by atoms with Crippen LogP contribution < -0.4 is 10.2 Å². The van der Waals surface area contributed by atoms with Gasteiger partial charge in [0.2, 0.25) is 0 Å². The summed E-state index contributed by atoms with van der Waals surface area (Å²) in [7, 11) is 3.47. The fourth-order valence-electron chi connectivity index (χ4n) is 0.221. The molecule has 0 bridgehead atoms. The summed E-state index contributed by atoms with van der Waals surface area (Å²) in [4.78, 5) is 20.1. The molecule has 0 aromatic carbocycles. The Morgan fingerprint density at radius 3 is 1.54 bits per heavy atom. The SMILES string of the molecule is CC(C(=O)O)N(C)C.O=C([O-])[O-].[Ca+2]. The average molecular weight is 217 g/mol. The van der Waals surface area contributed by atoms with Gasteiger partial charge in [-0.15, -0.1) is 0 Å². The predicted molar refractivity (Wildman–Crippen MR) is 41.9 cm³/mol. The fraction of sp³-hybridized carbons (Fsp3) is 0.667. The Labute approximate surface area is 106 Å². The minimum Gasteiger partial charge on any atom is -0.652 e. The number of carboxylic acid groups (broad SMARTS) is 3. The molecular weight excluding hydrogens is 206 g/mol. The van der Waals surface area contributed by atoms with Gasteiger partial charge in [-0.25, -0.2) is 0 Å². The Balaban J connectivity index is -0.000000173. The molecule has 0 amide bonds. The van der Waals surface area contributed by atoms with E-state index in [1.807, 2.05) is 0 Å². The van der Waals surface area contributed by atoms with Crippen LogP contribution in [0.3, 0.4) is 0 Å². The summed E-state index contributed by atoms with van der Waals surface area (Å²) in [6, 6.07) is -0.380. The molecule has 0 aliphatic heterocycles. The molecule has 7 heteroatoms. The van der Waals surface area contributed by atoms with Gasteiger partial charge in [-0.3, -0.25) is 9.69 Å². The van der Waals surface area contributed by atoms with Crippen LogP contribution in [-0.2, 0) is 4.79 Å². The minimum absolute atomic E-state index is 0. The smallest absolute Gasteiger partial charge is 0.652 e. The number of carboxylic acids is 1. The van der Waals surface area contributed by atoms with Gasteiger partial charge in [-0.1, -0.05) is 0 Å². The zero-order valence-electron chi connectivity index (χ0n) is 7.81. The third-order valence-electron chi connectivity index (χ3n) is 1.13. The van der Waals surface area contributed by atoms with E-state index in [2.05, 4.69) is 0 Å². The number of carbonyl (C=O) groups is 2. The summed E-state index contributed by atoms with van der Waals surface area (Å²) in [5.74, 6) is -0.782. The summed E-state index contributed by atoms with van der Waals surface area (Å²) in [6.07, 6.45) is -2.33. The van der Waals surface area contributed by atoms with Crippen molar-refractivity contribution in [3.63, 3.8) is 0 Å². The van der Waals surface area contributed by atoms with Crippen LogP contribution in [0.5, 0.6) is 0 Å². The molecule has 0 rings (SSSR count). The van der Waals surface area contributed by atoms with Crippen LogP contribution in [0.1, 0.15) is 6.92 Å². The Kier molecular flexibility index (Phi) is 14.4. The van der Waals surface area contributed by atoms with Gasteiger partial charge in [-0.05, 0) is 27.2 Å². The third kappa shape index (κ3) is 18.7. The summed E-state index contributed by atoms with van der Waals surface area (Å²) >= 11 is 0. The van der Waals surface area contributed by atoms with Gasteiger partial charge in [0.25, 0.3) is 0 Å². The van der Waals surface area contributed by atoms with Crippen LogP contribution in [0.4, 0.5) is 4.79 Å². The molecule has 0 saturated heterocycles. The van der Waals surface area contributed by atoms with E-state index in [9.17, 15) is 4.79 Å². The number of hydrogen-bond acceptors (Lipinski definition) is 5. The van der Waals surface area contributed by atoms with Crippen LogP contribution in [0, 0.1) is 0 Å². The normalized spacial score (nSPS) is 10.5. The second kappa shape index (κ2) is 10.0. The standard InChI is InChI=1S/C5H11NO2.CH2O3.Ca/c1-4(5(7)8)6(2)3;2-1(3)4;/h4H,1-3H3,(H,7,8);(H2,2,3,4);/q;;+2/p-2. The molecule has 1 N–H and O–H groups in total. The van der Waals surface area contributed by atoms with Crippen molar-refractivity contribution in [1.82, 2.24) is 4.90 Å². The van der Waals surface area contributed by atoms with Crippen molar-refractivity contribution in [2.75, 3.05) is 14.1 Å². The second-order valence-electron chi connectivity index (χ2n) is 2.23. The second-order valence-corrected chi connectivity index (χ2v) is 2.23. The maximum Gasteiger partial charge on any atom is 2.00 e. The van der Waals surface area contributed by atoms with E-state index in [1.165, 1.54) is 0 Å². The van der Waals surface area contributed by atoms with Gasteiger partial charge in [0, 0.05) is 0 Å². The molecule has 0 aliphatic carbocycles. The number of hydrogen-bond donors (Lipinski definition) is 1. The van der Waals surface area contributed by atoms with E-state index >= 15 is 0 Å². The third-order valence-corrected chi connectivity index (χ3v) is 1.13. The van der Waals surface area contributed by atoms with Gasteiger partial charge in [0.1, 0.15) is 6.04 Å². The molecule has 72 valence electrons. The van der Waals surface area contributed by atoms with Crippen LogP contribution >= 0.6 is 0 Å². The van der Waals surface area contributed by atoms with Crippen LogP contribution in [0.25, 0.3) is 0 Å². The Morgan fingerprint density at radius 2 is 1.54 bits per heavy atom. The first-order valence-electron chi connectivity index (χ1n) is 3.06. The van der Waals surface area contributed by atoms with Gasteiger partial charge in [0.05, 0.1) is 0 Å². The van der Waals surface area contributed by atoms with Crippen molar-refractivity contribution in [1.29, 1.82) is 0 Å². The molecule has 0 fully saturated rings. The molecule has 6 nitrogen and oxygen atoms in total. The molecule has 0 spiro atoms. The number of nitrogens with zero attached hydrogens (tertiary/aromatic N) is 1.